The molecule has 2 bridgehead atoms. The molecule has 0 N–H and O–H groups in total. The molecule has 4 rings (SSSR count). The van der Waals surface area contributed by atoms with Gasteiger partial charge in [0.1, 0.15) is 0 Å². The van der Waals surface area contributed by atoms with Crippen LogP contribution < -0.4 is 7.16 Å². The van der Waals surface area contributed by atoms with Gasteiger partial charge in [-0.2, -0.15) is 0 Å². The van der Waals surface area contributed by atoms with Crippen LogP contribution in [0.3, 0.4) is 0 Å². The van der Waals surface area contributed by atoms with Crippen LogP contribution in [0, 0.1) is 17.3 Å². The topological polar surface area (TPSA) is 9.23 Å². The van der Waals surface area contributed by atoms with Gasteiger partial charge in [0.2, 0.25) is 0 Å². The minimum atomic E-state index is -2.88. The van der Waals surface area contributed by atoms with Gasteiger partial charge in [-0.1, -0.05) is 0 Å². The summed E-state index contributed by atoms with van der Waals surface area (Å²) in [6.45, 7) is 3.46. The quantitative estimate of drug-likeness (QED) is 0.388. The van der Waals surface area contributed by atoms with E-state index in [0.717, 1.165) is 22.4 Å². The molecule has 0 heterocycles. The maximum atomic E-state index is 5.81. The first kappa shape index (κ1) is 18.3. The number of ether oxygens (including phenoxy) is 1. The fourth-order valence-electron chi connectivity index (χ4n) is 5.90. The molecule has 0 aliphatic heterocycles. The Labute approximate surface area is 165 Å². The maximum absolute atomic E-state index is 5.81. The zero-order valence-electron chi connectivity index (χ0n) is 15.1. The molecule has 0 unspecified atom stereocenters. The average Bonchev–Trinajstić information content (AvgIpc) is 3.23. The van der Waals surface area contributed by atoms with Crippen molar-refractivity contribution in [3.8, 4) is 0 Å². The molecule has 2 aromatic carbocycles. The van der Waals surface area contributed by atoms with E-state index in [1.165, 1.54) is 19.3 Å². The predicted octanol–water partition coefficient (Wildman–Crippen LogP) is 4.63. The van der Waals surface area contributed by atoms with Gasteiger partial charge >= 0.3 is 167 Å². The van der Waals surface area contributed by atoms with Crippen LogP contribution in [0.15, 0.2) is 60.7 Å². The normalized spacial score (nSPS) is 31.4. The van der Waals surface area contributed by atoms with Gasteiger partial charge in [0, 0.05) is 0 Å². The van der Waals surface area contributed by atoms with E-state index in [9.17, 15) is 0 Å². The van der Waals surface area contributed by atoms with Crippen LogP contribution in [0.4, 0.5) is 0 Å². The van der Waals surface area contributed by atoms with Crippen LogP contribution in [0.5, 0.6) is 0 Å². The van der Waals surface area contributed by atoms with Gasteiger partial charge in [0.15, 0.2) is 0 Å². The number of fused-ring (bicyclic) bond motifs is 2. The van der Waals surface area contributed by atoms with E-state index < -0.39 is 14.4 Å². The average molecular weight is 553 g/mol. The van der Waals surface area contributed by atoms with E-state index in [0.29, 0.717) is 5.41 Å². The van der Waals surface area contributed by atoms with Crippen molar-refractivity contribution in [3.63, 3.8) is 0 Å². The summed E-state index contributed by atoms with van der Waals surface area (Å²) in [5.41, 5.74) is 0.334. The fraction of sp³-hybridized carbons (Fsp3) is 0.455. The van der Waals surface area contributed by atoms with Crippen LogP contribution in [0.25, 0.3) is 0 Å². The van der Waals surface area contributed by atoms with Crippen molar-refractivity contribution in [1.29, 1.82) is 0 Å². The summed E-state index contributed by atoms with van der Waals surface area (Å²) >= 11 is 0.110. The van der Waals surface area contributed by atoms with Crippen LogP contribution in [0.1, 0.15) is 26.2 Å². The SMILES string of the molecule is COC[C@@]1(C)[C@@H]2CC[C@@H](C2)[C@H]1[Sn]([I])([c]1ccccc1)[c]1ccccc1. The summed E-state index contributed by atoms with van der Waals surface area (Å²) in [6, 6.07) is 22.9. The van der Waals surface area contributed by atoms with Crippen molar-refractivity contribution >= 4 is 40.2 Å². The third kappa shape index (κ3) is 2.91. The van der Waals surface area contributed by atoms with Gasteiger partial charge in [-0.25, -0.2) is 0 Å². The Morgan fingerprint density at radius 1 is 1.00 bits per heavy atom. The van der Waals surface area contributed by atoms with Crippen molar-refractivity contribution < 1.29 is 4.74 Å². The Balaban J connectivity index is 1.89. The molecule has 2 aliphatic rings. The van der Waals surface area contributed by atoms with Gasteiger partial charge in [0.25, 0.3) is 0 Å². The van der Waals surface area contributed by atoms with Crippen LogP contribution in [-0.2, 0) is 4.74 Å². The molecule has 2 aliphatic carbocycles. The second-order valence-electron chi connectivity index (χ2n) is 8.13. The molecule has 2 saturated carbocycles. The molecule has 0 aromatic heterocycles. The molecular formula is C22H27IOSn. The summed E-state index contributed by atoms with van der Waals surface area (Å²) in [5.74, 6) is 1.74. The van der Waals surface area contributed by atoms with Gasteiger partial charge in [-0.15, -0.1) is 0 Å². The van der Waals surface area contributed by atoms with Crippen molar-refractivity contribution in [3.05, 3.63) is 60.7 Å². The monoisotopic (exact) mass is 554 g/mol. The molecule has 0 saturated heterocycles. The number of hydrogen-bond donors (Lipinski definition) is 0. The molecular weight excluding hydrogens is 526 g/mol. The molecule has 3 heteroatoms. The molecule has 132 valence electrons. The summed E-state index contributed by atoms with van der Waals surface area (Å²) in [6.07, 6.45) is 4.25. The number of methoxy groups -OCH3 is 1. The summed E-state index contributed by atoms with van der Waals surface area (Å²) in [5, 5.41) is 0. The molecule has 0 amide bonds. The first-order valence-corrected chi connectivity index (χ1v) is 22.2. The second-order valence-corrected chi connectivity index (χ2v) is 28.7. The summed E-state index contributed by atoms with van der Waals surface area (Å²) in [4.78, 5) is 0. The zero-order chi connectivity index (χ0) is 17.5. The Morgan fingerprint density at radius 2 is 1.56 bits per heavy atom. The number of halogens is 1. The first-order chi connectivity index (χ1) is 12.1. The molecule has 1 nitrogen and oxygen atoms in total. The molecule has 0 radical (unpaired) electrons. The van der Waals surface area contributed by atoms with Gasteiger partial charge < -0.3 is 0 Å². The fourth-order valence-corrected chi connectivity index (χ4v) is 32.0. The van der Waals surface area contributed by atoms with Crippen LogP contribution in [-0.4, -0.2) is 28.1 Å². The van der Waals surface area contributed by atoms with Gasteiger partial charge in [-0.05, 0) is 0 Å². The van der Waals surface area contributed by atoms with Crippen molar-refractivity contribution in [2.75, 3.05) is 13.7 Å². The molecule has 4 atom stereocenters. The van der Waals surface area contributed by atoms with Crippen LogP contribution in [0.2, 0.25) is 3.93 Å². The third-order valence-corrected chi connectivity index (χ3v) is 32.1. The molecule has 0 spiro atoms. The Kier molecular flexibility index (Phi) is 5.24. The van der Waals surface area contributed by atoms with Crippen molar-refractivity contribution in [2.45, 2.75) is 30.1 Å². The van der Waals surface area contributed by atoms with E-state index in [-0.39, 0.29) is 0 Å². The van der Waals surface area contributed by atoms with Crippen LogP contribution >= 0.6 is 18.6 Å². The first-order valence-electron chi connectivity index (χ1n) is 9.39. The molecule has 25 heavy (non-hydrogen) atoms. The van der Waals surface area contributed by atoms with E-state index in [2.05, 4.69) is 86.2 Å². The van der Waals surface area contributed by atoms with Gasteiger partial charge in [-0.3, -0.25) is 0 Å². The number of benzene rings is 2. The summed E-state index contributed by atoms with van der Waals surface area (Å²) in [7, 11) is 1.89. The summed E-state index contributed by atoms with van der Waals surface area (Å²) < 4.78 is 9.90. The molecule has 2 aromatic rings. The second kappa shape index (κ2) is 7.16. The van der Waals surface area contributed by atoms with E-state index >= 15 is 0 Å². The molecule has 2 fully saturated rings. The van der Waals surface area contributed by atoms with E-state index in [1.807, 2.05) is 7.11 Å². The minimum absolute atomic E-state index is 0.334. The third-order valence-electron chi connectivity index (χ3n) is 6.86. The number of rotatable bonds is 5. The van der Waals surface area contributed by atoms with Gasteiger partial charge in [0.05, 0.1) is 0 Å². The van der Waals surface area contributed by atoms with E-state index in [1.54, 1.807) is 7.16 Å². The predicted molar refractivity (Wildman–Crippen MR) is 116 cm³/mol. The van der Waals surface area contributed by atoms with Crippen molar-refractivity contribution in [2.24, 2.45) is 17.3 Å². The Morgan fingerprint density at radius 3 is 2.08 bits per heavy atom. The van der Waals surface area contributed by atoms with Crippen molar-refractivity contribution in [1.82, 2.24) is 0 Å². The standard InChI is InChI=1S/C10H17O.2C6H5.HI.Sn/c1-10(7-11-2)6-8-3-4-9(10)5-8;2*1-2-4-6-5-3-1;;/h6,8-9H,3-5,7H2,1-2H3;2*1-5H;1H;/q;;;;+1/p-1/t8-,9+,10-;;;;/m0..../s1. The number of hydrogen-bond acceptors (Lipinski definition) is 1. The Bertz CT molecular complexity index is 680. The van der Waals surface area contributed by atoms with E-state index in [4.69, 9.17) is 4.74 Å². The Hall–Kier alpha value is -0.0713. The zero-order valence-corrected chi connectivity index (χ0v) is 20.1.